The summed E-state index contributed by atoms with van der Waals surface area (Å²) < 4.78 is 23.2. The van der Waals surface area contributed by atoms with Crippen molar-refractivity contribution in [3.05, 3.63) is 17.2 Å². The van der Waals surface area contributed by atoms with Gasteiger partial charge in [0.15, 0.2) is 0 Å². The molecule has 0 spiro atoms. The second-order valence-electron chi connectivity index (χ2n) is 2.54. The Kier molecular flexibility index (Phi) is 2.74. The van der Waals surface area contributed by atoms with Crippen LogP contribution in [0.1, 0.15) is 0 Å². The fourth-order valence-electron chi connectivity index (χ4n) is 0.809. The lowest BCUT2D eigenvalue weighted by molar-refractivity contribution is 0.478. The Labute approximate surface area is 85.7 Å². The third-order valence-electron chi connectivity index (χ3n) is 1.37. The van der Waals surface area contributed by atoms with Crippen molar-refractivity contribution in [1.82, 2.24) is 0 Å². The monoisotopic (exact) mass is 237 g/mol. The van der Waals surface area contributed by atoms with Gasteiger partial charge in [0, 0.05) is 6.07 Å². The molecule has 14 heavy (non-hydrogen) atoms. The average Bonchev–Trinajstić information content (AvgIpc) is 1.97. The van der Waals surface area contributed by atoms with Crippen molar-refractivity contribution in [2.75, 3.05) is 10.5 Å². The maximum absolute atomic E-state index is 10.6. The van der Waals surface area contributed by atoms with Crippen LogP contribution in [0, 0.1) is 0 Å². The van der Waals surface area contributed by atoms with E-state index in [1.165, 1.54) is 6.07 Å². The van der Waals surface area contributed by atoms with Crippen molar-refractivity contribution in [2.24, 2.45) is 5.14 Å². The molecular formula is C6H8ClN3O3S. The molecule has 0 amide bonds. The summed E-state index contributed by atoms with van der Waals surface area (Å²) in [5, 5.41) is 13.9. The van der Waals surface area contributed by atoms with Gasteiger partial charge >= 0.3 is 0 Å². The number of halogens is 1. The van der Waals surface area contributed by atoms with Crippen molar-refractivity contribution in [2.45, 2.75) is 0 Å². The van der Waals surface area contributed by atoms with Gasteiger partial charge < -0.3 is 10.8 Å². The van der Waals surface area contributed by atoms with Crippen LogP contribution in [0.5, 0.6) is 5.75 Å². The molecule has 0 saturated heterocycles. The molecule has 0 aliphatic rings. The number of hydrogen-bond donors (Lipinski definition) is 4. The average molecular weight is 238 g/mol. The molecule has 6 nitrogen and oxygen atoms in total. The first-order valence-electron chi connectivity index (χ1n) is 3.38. The van der Waals surface area contributed by atoms with E-state index in [4.69, 9.17) is 27.6 Å². The van der Waals surface area contributed by atoms with Crippen LogP contribution in [0.3, 0.4) is 0 Å². The number of nitrogen functional groups attached to an aromatic ring is 1. The van der Waals surface area contributed by atoms with Gasteiger partial charge in [-0.1, -0.05) is 11.6 Å². The minimum Gasteiger partial charge on any atom is -0.506 e. The number of phenols is 1. The zero-order valence-electron chi connectivity index (χ0n) is 6.86. The summed E-state index contributed by atoms with van der Waals surface area (Å²) >= 11 is 5.63. The molecule has 0 heterocycles. The van der Waals surface area contributed by atoms with E-state index in [-0.39, 0.29) is 22.1 Å². The first kappa shape index (κ1) is 10.9. The first-order valence-corrected chi connectivity index (χ1v) is 5.30. The standard InChI is InChI=1S/C6H8ClN3O3S/c7-3-1-4(8)6(11)2-5(3)10-14(9,12)13/h1-2,10-11H,8H2,(H2,9,12,13). The molecule has 8 heteroatoms. The maximum atomic E-state index is 10.6. The number of rotatable bonds is 2. The van der Waals surface area contributed by atoms with Crippen LogP contribution in [-0.2, 0) is 10.2 Å². The Morgan fingerprint density at radius 3 is 2.50 bits per heavy atom. The van der Waals surface area contributed by atoms with E-state index in [1.54, 1.807) is 0 Å². The van der Waals surface area contributed by atoms with Gasteiger partial charge in [0.2, 0.25) is 0 Å². The summed E-state index contributed by atoms with van der Waals surface area (Å²) in [6.07, 6.45) is 0. The molecule has 0 radical (unpaired) electrons. The van der Waals surface area contributed by atoms with Gasteiger partial charge in [0.25, 0.3) is 10.2 Å². The first-order chi connectivity index (χ1) is 6.29. The molecule has 78 valence electrons. The molecule has 0 bridgehead atoms. The number of nitrogens with one attached hydrogen (secondary N) is 1. The highest BCUT2D eigenvalue weighted by atomic mass is 35.5. The third kappa shape index (κ3) is 2.66. The van der Waals surface area contributed by atoms with E-state index in [2.05, 4.69) is 0 Å². The van der Waals surface area contributed by atoms with Crippen LogP contribution >= 0.6 is 11.6 Å². The van der Waals surface area contributed by atoms with Crippen molar-refractivity contribution in [1.29, 1.82) is 0 Å². The summed E-state index contributed by atoms with van der Waals surface area (Å²) in [7, 11) is -3.92. The van der Waals surface area contributed by atoms with Gasteiger partial charge in [-0.15, -0.1) is 0 Å². The van der Waals surface area contributed by atoms with Crippen LogP contribution in [0.2, 0.25) is 5.02 Å². The Morgan fingerprint density at radius 2 is 2.00 bits per heavy atom. The van der Waals surface area contributed by atoms with Crippen molar-refractivity contribution >= 4 is 33.2 Å². The second kappa shape index (κ2) is 3.52. The molecule has 0 saturated carbocycles. The lowest BCUT2D eigenvalue weighted by Gasteiger charge is -2.07. The lowest BCUT2D eigenvalue weighted by atomic mass is 10.2. The zero-order valence-corrected chi connectivity index (χ0v) is 8.43. The molecule has 0 aliphatic heterocycles. The highest BCUT2D eigenvalue weighted by molar-refractivity contribution is 7.90. The quantitative estimate of drug-likeness (QED) is 0.435. The zero-order chi connectivity index (χ0) is 10.9. The number of nitrogens with two attached hydrogens (primary N) is 2. The minimum absolute atomic E-state index is 0.0270. The second-order valence-corrected chi connectivity index (χ2v) is 4.24. The van der Waals surface area contributed by atoms with Gasteiger partial charge in [-0.2, -0.15) is 8.42 Å². The predicted molar refractivity (Wildman–Crippen MR) is 54.3 cm³/mol. The minimum atomic E-state index is -3.92. The fourth-order valence-corrected chi connectivity index (χ4v) is 1.56. The Morgan fingerprint density at radius 1 is 1.43 bits per heavy atom. The fraction of sp³-hybridized carbons (Fsp3) is 0. The third-order valence-corrected chi connectivity index (χ3v) is 2.19. The smallest absolute Gasteiger partial charge is 0.296 e. The van der Waals surface area contributed by atoms with E-state index in [0.29, 0.717) is 0 Å². The highest BCUT2D eigenvalue weighted by Crippen LogP contribution is 2.31. The molecule has 1 rings (SSSR count). The van der Waals surface area contributed by atoms with Crippen molar-refractivity contribution in [3.8, 4) is 5.75 Å². The SMILES string of the molecule is Nc1cc(Cl)c(NS(N)(=O)=O)cc1O. The van der Waals surface area contributed by atoms with E-state index < -0.39 is 10.2 Å². The van der Waals surface area contributed by atoms with E-state index in [9.17, 15) is 8.42 Å². The topological polar surface area (TPSA) is 118 Å². The van der Waals surface area contributed by atoms with Gasteiger partial charge in [0.05, 0.1) is 16.4 Å². The largest absolute Gasteiger partial charge is 0.506 e. The van der Waals surface area contributed by atoms with Crippen molar-refractivity contribution < 1.29 is 13.5 Å². The van der Waals surface area contributed by atoms with E-state index >= 15 is 0 Å². The van der Waals surface area contributed by atoms with Crippen LogP contribution in [0.4, 0.5) is 11.4 Å². The van der Waals surface area contributed by atoms with Crippen molar-refractivity contribution in [3.63, 3.8) is 0 Å². The van der Waals surface area contributed by atoms with E-state index in [0.717, 1.165) is 6.07 Å². The molecule has 0 aliphatic carbocycles. The molecule has 0 unspecified atom stereocenters. The number of anilines is 2. The Bertz CT molecular complexity index is 460. The van der Waals surface area contributed by atoms with Crippen LogP contribution in [0.25, 0.3) is 0 Å². The van der Waals surface area contributed by atoms with Gasteiger partial charge in [0.1, 0.15) is 5.75 Å². The molecule has 1 aromatic rings. The number of benzene rings is 1. The van der Waals surface area contributed by atoms with E-state index in [1.807, 2.05) is 4.72 Å². The number of hydrogen-bond acceptors (Lipinski definition) is 4. The summed E-state index contributed by atoms with van der Waals surface area (Å²) in [6.45, 7) is 0. The Balaban J connectivity index is 3.17. The molecule has 0 fully saturated rings. The molecule has 1 aromatic carbocycles. The van der Waals surface area contributed by atoms with Crippen LogP contribution in [-0.4, -0.2) is 13.5 Å². The lowest BCUT2D eigenvalue weighted by Crippen LogP contribution is -2.21. The summed E-state index contributed by atoms with van der Waals surface area (Å²) in [4.78, 5) is 0. The van der Waals surface area contributed by atoms with Crippen LogP contribution < -0.4 is 15.6 Å². The van der Waals surface area contributed by atoms with Gasteiger partial charge in [-0.25, -0.2) is 5.14 Å². The number of phenolic OH excluding ortho intramolecular Hbond substituents is 1. The van der Waals surface area contributed by atoms with Gasteiger partial charge in [-0.05, 0) is 6.07 Å². The highest BCUT2D eigenvalue weighted by Gasteiger charge is 2.09. The summed E-state index contributed by atoms with van der Waals surface area (Å²) in [5.41, 5.74) is 5.33. The Hall–Kier alpha value is -1.18. The molecular weight excluding hydrogens is 230 g/mol. The maximum Gasteiger partial charge on any atom is 0.296 e. The van der Waals surface area contributed by atoms with Gasteiger partial charge in [-0.3, -0.25) is 4.72 Å². The molecule has 0 atom stereocenters. The normalized spacial score (nSPS) is 11.3. The summed E-state index contributed by atoms with van der Waals surface area (Å²) in [5.74, 6) is -0.277. The molecule has 0 aromatic heterocycles. The predicted octanol–water partition coefficient (Wildman–Crippen LogP) is 0.243. The molecule has 6 N–H and O–H groups in total. The van der Waals surface area contributed by atoms with Crippen LogP contribution in [0.15, 0.2) is 12.1 Å². The summed E-state index contributed by atoms with van der Waals surface area (Å²) in [6, 6.07) is 2.28. The number of aromatic hydroxyl groups is 1.